The van der Waals surface area contributed by atoms with Crippen LogP contribution in [0.25, 0.3) is 0 Å². The van der Waals surface area contributed by atoms with E-state index >= 15 is 0 Å². The molecule has 0 saturated heterocycles. The van der Waals surface area contributed by atoms with E-state index in [9.17, 15) is 13.6 Å². The molecule has 0 fully saturated rings. The van der Waals surface area contributed by atoms with Gasteiger partial charge in [0.1, 0.15) is 17.5 Å². The van der Waals surface area contributed by atoms with Crippen LogP contribution in [0, 0.1) is 18.6 Å². The molecule has 1 atom stereocenters. The Hall–Kier alpha value is -2.61. The number of aromatic nitrogens is 2. The van der Waals surface area contributed by atoms with Gasteiger partial charge in [0.25, 0.3) is 0 Å². The van der Waals surface area contributed by atoms with Crippen molar-refractivity contribution in [2.24, 2.45) is 0 Å². The summed E-state index contributed by atoms with van der Waals surface area (Å²) < 4.78 is 31.8. The Bertz CT molecular complexity index is 755. The molecule has 1 heterocycles. The summed E-state index contributed by atoms with van der Waals surface area (Å²) in [5.74, 6) is -0.708. The first kappa shape index (κ1) is 18.7. The summed E-state index contributed by atoms with van der Waals surface area (Å²) in [5.41, 5.74) is 0.597. The van der Waals surface area contributed by atoms with Gasteiger partial charge < -0.3 is 15.4 Å². The molecule has 1 unspecified atom stereocenters. The fraction of sp³-hybridized carbons (Fsp3) is 0.353. The van der Waals surface area contributed by atoms with Gasteiger partial charge in [-0.15, -0.1) is 0 Å². The van der Waals surface area contributed by atoms with Gasteiger partial charge in [-0.3, -0.25) is 4.79 Å². The minimum Gasteiger partial charge on any atom is -0.481 e. The molecule has 8 heteroatoms. The Morgan fingerprint density at radius 2 is 2.04 bits per heavy atom. The van der Waals surface area contributed by atoms with Crippen molar-refractivity contribution in [1.82, 2.24) is 15.3 Å². The van der Waals surface area contributed by atoms with E-state index in [1.807, 2.05) is 6.92 Å². The standard InChI is InChI=1S/C17H20F2N4O2/c1-10-8-16(25-3)23-15(21-10)6-7-20-11(2)17(24)22-14-9-12(18)4-5-13(14)19/h4-5,8-9,11,20H,6-7H2,1-3H3,(H,22,24). The Labute approximate surface area is 144 Å². The van der Waals surface area contributed by atoms with Crippen LogP contribution in [-0.2, 0) is 11.2 Å². The maximum absolute atomic E-state index is 13.5. The van der Waals surface area contributed by atoms with Gasteiger partial charge in [0, 0.05) is 30.8 Å². The van der Waals surface area contributed by atoms with E-state index in [4.69, 9.17) is 4.74 Å². The number of carbonyl (C=O) groups is 1. The molecule has 2 rings (SSSR count). The van der Waals surface area contributed by atoms with Crippen molar-refractivity contribution < 1.29 is 18.3 Å². The smallest absolute Gasteiger partial charge is 0.241 e. The summed E-state index contributed by atoms with van der Waals surface area (Å²) in [4.78, 5) is 20.6. The largest absolute Gasteiger partial charge is 0.481 e. The van der Waals surface area contributed by atoms with Crippen LogP contribution in [0.1, 0.15) is 18.4 Å². The molecule has 1 aromatic carbocycles. The maximum Gasteiger partial charge on any atom is 0.241 e. The third-order valence-corrected chi connectivity index (χ3v) is 3.46. The summed E-state index contributed by atoms with van der Waals surface area (Å²) in [6, 6.07) is 4.01. The lowest BCUT2D eigenvalue weighted by atomic mass is 10.2. The molecule has 0 aliphatic rings. The van der Waals surface area contributed by atoms with Crippen LogP contribution in [0.2, 0.25) is 0 Å². The van der Waals surface area contributed by atoms with Gasteiger partial charge in [-0.05, 0) is 26.0 Å². The first-order valence-electron chi connectivity index (χ1n) is 7.77. The average molecular weight is 350 g/mol. The van der Waals surface area contributed by atoms with Crippen molar-refractivity contribution in [3.63, 3.8) is 0 Å². The van der Waals surface area contributed by atoms with Crippen LogP contribution in [0.3, 0.4) is 0 Å². The molecule has 0 radical (unpaired) electrons. The second-order valence-corrected chi connectivity index (χ2v) is 5.51. The molecule has 2 N–H and O–H groups in total. The van der Waals surface area contributed by atoms with Crippen LogP contribution in [-0.4, -0.2) is 35.6 Å². The third kappa shape index (κ3) is 5.46. The quantitative estimate of drug-likeness (QED) is 0.801. The number of aryl methyl sites for hydroxylation is 1. The van der Waals surface area contributed by atoms with Gasteiger partial charge in [-0.1, -0.05) is 0 Å². The van der Waals surface area contributed by atoms with E-state index in [0.29, 0.717) is 24.7 Å². The van der Waals surface area contributed by atoms with Gasteiger partial charge >= 0.3 is 0 Å². The van der Waals surface area contributed by atoms with Crippen molar-refractivity contribution in [3.05, 3.63) is 47.4 Å². The topological polar surface area (TPSA) is 76.1 Å². The number of anilines is 1. The second-order valence-electron chi connectivity index (χ2n) is 5.51. The van der Waals surface area contributed by atoms with Crippen molar-refractivity contribution in [3.8, 4) is 5.88 Å². The predicted molar refractivity (Wildman–Crippen MR) is 89.5 cm³/mol. The lowest BCUT2D eigenvalue weighted by Crippen LogP contribution is -2.39. The number of amides is 1. The Balaban J connectivity index is 1.87. The Morgan fingerprint density at radius 1 is 1.28 bits per heavy atom. The molecule has 2 aromatic rings. The number of nitrogens with one attached hydrogen (secondary N) is 2. The number of halogens is 2. The highest BCUT2D eigenvalue weighted by Gasteiger charge is 2.15. The number of hydrogen-bond donors (Lipinski definition) is 2. The van der Waals surface area contributed by atoms with Crippen molar-refractivity contribution in [2.45, 2.75) is 26.3 Å². The van der Waals surface area contributed by atoms with E-state index in [1.165, 1.54) is 7.11 Å². The van der Waals surface area contributed by atoms with Crippen LogP contribution in [0.4, 0.5) is 14.5 Å². The fourth-order valence-corrected chi connectivity index (χ4v) is 2.14. The monoisotopic (exact) mass is 350 g/mol. The zero-order valence-corrected chi connectivity index (χ0v) is 14.3. The fourth-order valence-electron chi connectivity index (χ4n) is 2.14. The highest BCUT2D eigenvalue weighted by molar-refractivity contribution is 5.94. The SMILES string of the molecule is COc1cc(C)nc(CCNC(C)C(=O)Nc2cc(F)ccc2F)n1. The predicted octanol–water partition coefficient (Wildman–Crippen LogP) is 2.23. The minimum atomic E-state index is -0.692. The van der Waals surface area contributed by atoms with E-state index in [1.54, 1.807) is 13.0 Å². The van der Waals surface area contributed by atoms with Crippen LogP contribution < -0.4 is 15.4 Å². The summed E-state index contributed by atoms with van der Waals surface area (Å²) in [5, 5.41) is 5.35. The van der Waals surface area contributed by atoms with Gasteiger partial charge in [-0.2, -0.15) is 4.98 Å². The Morgan fingerprint density at radius 3 is 2.76 bits per heavy atom. The van der Waals surface area contributed by atoms with E-state index < -0.39 is 23.6 Å². The molecule has 0 spiro atoms. The Kier molecular flexibility index (Phi) is 6.35. The van der Waals surface area contributed by atoms with Gasteiger partial charge in [-0.25, -0.2) is 13.8 Å². The highest BCUT2D eigenvalue weighted by Crippen LogP contribution is 2.15. The molecule has 6 nitrogen and oxygen atoms in total. The molecule has 1 aromatic heterocycles. The normalized spacial score (nSPS) is 11.9. The van der Waals surface area contributed by atoms with Crippen LogP contribution in [0.5, 0.6) is 5.88 Å². The molecule has 0 aliphatic heterocycles. The minimum absolute atomic E-state index is 0.189. The molecule has 134 valence electrons. The van der Waals surface area contributed by atoms with Gasteiger partial charge in [0.15, 0.2) is 0 Å². The zero-order chi connectivity index (χ0) is 18.4. The summed E-state index contributed by atoms with van der Waals surface area (Å²) in [6.07, 6.45) is 0.490. The van der Waals surface area contributed by atoms with Gasteiger partial charge in [0.2, 0.25) is 11.8 Å². The maximum atomic E-state index is 13.5. The number of hydrogen-bond acceptors (Lipinski definition) is 5. The van der Waals surface area contributed by atoms with E-state index in [-0.39, 0.29) is 5.69 Å². The number of benzene rings is 1. The molecule has 0 bridgehead atoms. The summed E-state index contributed by atoms with van der Waals surface area (Å²) in [7, 11) is 1.53. The first-order valence-corrected chi connectivity index (χ1v) is 7.77. The molecule has 0 aliphatic carbocycles. The molecule has 0 saturated carbocycles. The number of methoxy groups -OCH3 is 1. The molecule has 25 heavy (non-hydrogen) atoms. The molecular formula is C17H20F2N4O2. The second kappa shape index (κ2) is 8.48. The van der Waals surface area contributed by atoms with E-state index in [0.717, 1.165) is 23.9 Å². The first-order chi connectivity index (χ1) is 11.9. The third-order valence-electron chi connectivity index (χ3n) is 3.46. The highest BCUT2D eigenvalue weighted by atomic mass is 19.1. The van der Waals surface area contributed by atoms with Crippen molar-refractivity contribution in [1.29, 1.82) is 0 Å². The van der Waals surface area contributed by atoms with Crippen LogP contribution in [0.15, 0.2) is 24.3 Å². The molecule has 1 amide bonds. The van der Waals surface area contributed by atoms with Crippen molar-refractivity contribution in [2.75, 3.05) is 19.0 Å². The zero-order valence-electron chi connectivity index (χ0n) is 14.3. The van der Waals surface area contributed by atoms with Crippen LogP contribution >= 0.6 is 0 Å². The average Bonchev–Trinajstić information content (AvgIpc) is 2.57. The number of carbonyl (C=O) groups excluding carboxylic acids is 1. The lowest BCUT2D eigenvalue weighted by molar-refractivity contribution is -0.117. The summed E-state index contributed by atoms with van der Waals surface area (Å²) >= 11 is 0. The number of rotatable bonds is 7. The summed E-state index contributed by atoms with van der Waals surface area (Å²) in [6.45, 7) is 3.90. The van der Waals surface area contributed by atoms with E-state index in [2.05, 4.69) is 20.6 Å². The molecular weight excluding hydrogens is 330 g/mol. The number of nitrogens with zero attached hydrogens (tertiary/aromatic N) is 2. The van der Waals surface area contributed by atoms with Gasteiger partial charge in [0.05, 0.1) is 18.8 Å². The lowest BCUT2D eigenvalue weighted by Gasteiger charge is -2.14. The van der Waals surface area contributed by atoms with Crippen molar-refractivity contribution >= 4 is 11.6 Å². The number of ether oxygens (including phenoxy) is 1.